The van der Waals surface area contributed by atoms with Gasteiger partial charge in [-0.15, -0.1) is 0 Å². The van der Waals surface area contributed by atoms with Gasteiger partial charge in [-0.3, -0.25) is 0 Å². The van der Waals surface area contributed by atoms with E-state index in [4.69, 9.17) is 37.4 Å². The number of aliphatic hydroxyl groups excluding tert-OH is 1. The number of hydrogen-bond donors (Lipinski definition) is 1. The summed E-state index contributed by atoms with van der Waals surface area (Å²) in [5.74, 6) is 3.89. The number of ether oxygens (including phenoxy) is 5. The van der Waals surface area contributed by atoms with Crippen molar-refractivity contribution in [3.05, 3.63) is 40.7 Å². The molecule has 0 spiro atoms. The molecule has 1 aromatic carbocycles. The molecule has 1 aromatic rings. The zero-order valence-corrected chi connectivity index (χ0v) is 47.5. The van der Waals surface area contributed by atoms with Gasteiger partial charge in [0.05, 0.1) is 32.5 Å². The third-order valence-electron chi connectivity index (χ3n) is 14.2. The maximum atomic E-state index is 13.2. The number of halogens is 9. The van der Waals surface area contributed by atoms with E-state index < -0.39 is 45.7 Å². The van der Waals surface area contributed by atoms with Gasteiger partial charge < -0.3 is 47.6 Å². The molecule has 7 unspecified atom stereocenters. The summed E-state index contributed by atoms with van der Waals surface area (Å²) in [6, 6.07) is 6.76. The van der Waals surface area contributed by atoms with E-state index in [2.05, 4.69) is 78.1 Å². The normalized spacial score (nSPS) is 22.3. The Labute approximate surface area is 453 Å². The van der Waals surface area contributed by atoms with Crippen LogP contribution < -0.4 is 4.74 Å². The average molecular weight is 1150 g/mol. The lowest BCUT2D eigenvalue weighted by Gasteiger charge is -2.50. The molecule has 23 heteroatoms. The predicted molar refractivity (Wildman–Crippen MR) is 280 cm³/mol. The molecule has 0 aromatic heterocycles. The van der Waals surface area contributed by atoms with Crippen molar-refractivity contribution in [1.82, 2.24) is 9.57 Å². The fourth-order valence-corrected chi connectivity index (χ4v) is 14.3. The van der Waals surface area contributed by atoms with Crippen LogP contribution in [0, 0.1) is 29.7 Å². The van der Waals surface area contributed by atoms with Crippen molar-refractivity contribution in [1.29, 1.82) is 1.43 Å². The molecule has 2 fully saturated rings. The summed E-state index contributed by atoms with van der Waals surface area (Å²) in [5.41, 5.74) is -3.98. The molecule has 3 aliphatic rings. The van der Waals surface area contributed by atoms with Gasteiger partial charge in [0.2, 0.25) is 7.98 Å². The van der Waals surface area contributed by atoms with Crippen LogP contribution in [0.25, 0.3) is 4.85 Å². The molecule has 11 nitrogen and oxygen atoms in total. The van der Waals surface area contributed by atoms with Crippen LogP contribution in [0.2, 0.25) is 0 Å². The number of nitrogens with zero attached hydrogens (tertiary/aromatic N) is 3. The van der Waals surface area contributed by atoms with Gasteiger partial charge in [0.25, 0.3) is 8.53 Å². The standard InChI is InChI=1S/C51H81F9N3O7PS2.CH4O/c1-37(2)63(38(3)4)71(69-29-22-61-7)70-36-39(5)13-9-25-65-32-34-73-72-33-11-24-62(8)23-10-26-64-30-31-66-41-15-17-42-40(35-41)14-16-44-43(42)20-21-47(6)45(44)18-19-46(47)67-27-12-28-68-48(49(52,53)54,50(55,56)57)51(58,59)60;1-2/h15,17,35,37-39,43-46H,9-14,16,18-34,36H2,1-6,8H3;2H,1H3/i5D;2T. The number of aliphatic hydroxyl groups is 1. The summed E-state index contributed by atoms with van der Waals surface area (Å²) in [7, 11) is 5.84. The minimum absolute atomic E-state index is 0.108. The van der Waals surface area contributed by atoms with Crippen LogP contribution in [0.5, 0.6) is 5.75 Å². The van der Waals surface area contributed by atoms with Gasteiger partial charge >= 0.3 is 24.1 Å². The Hall–Kier alpha value is -1.35. The first-order chi connectivity index (χ1) is 36.4. The van der Waals surface area contributed by atoms with E-state index in [0.717, 1.165) is 88.1 Å². The SMILES string of the molecule is [2H]CC(CCCOCCSSCCCN(C)CCCOCCOc1ccc2c(c1)CCC1C2CCC2(C)C(OCCCOC(C(F)(F)F)(C(F)(F)F)C(F)(F)F)CCC12)COP(OCC[N+]#[C-])N(C(C)C)C(C)C.[3H]OC. The summed E-state index contributed by atoms with van der Waals surface area (Å²) >= 11 is 0. The molecule has 0 aliphatic heterocycles. The maximum absolute atomic E-state index is 13.2. The van der Waals surface area contributed by atoms with E-state index in [1.807, 2.05) is 27.7 Å². The summed E-state index contributed by atoms with van der Waals surface area (Å²) in [4.78, 5) is 5.72. The highest BCUT2D eigenvalue weighted by Crippen LogP contribution is 2.62. The third kappa shape index (κ3) is 20.3. The number of hydrogen-bond acceptors (Lipinski definition) is 12. The summed E-state index contributed by atoms with van der Waals surface area (Å²) in [6.45, 7) is 22.2. The molecule has 7 atom stereocenters. The zero-order chi connectivity index (χ0) is 57.3. The van der Waals surface area contributed by atoms with Crippen LogP contribution in [-0.2, 0) is 34.4 Å². The molecule has 0 heterocycles. The quantitative estimate of drug-likeness (QED) is 0.0231. The minimum Gasteiger partial charge on any atom is -0.491 e. The first-order valence-electron chi connectivity index (χ1n) is 27.3. The van der Waals surface area contributed by atoms with E-state index >= 15 is 0 Å². The van der Waals surface area contributed by atoms with Crippen LogP contribution >= 0.6 is 30.1 Å². The lowest BCUT2D eigenvalue weighted by molar-refractivity contribution is -0.457. The number of alkyl halides is 9. The van der Waals surface area contributed by atoms with Crippen molar-refractivity contribution in [2.45, 2.75) is 160 Å². The molecule has 2 saturated carbocycles. The van der Waals surface area contributed by atoms with E-state index in [0.29, 0.717) is 71.0 Å². The van der Waals surface area contributed by atoms with E-state index in [-0.39, 0.29) is 48.9 Å². The largest absolute Gasteiger partial charge is 0.491 e. The van der Waals surface area contributed by atoms with Gasteiger partial charge in [-0.1, -0.05) is 41.5 Å². The molecule has 0 amide bonds. The van der Waals surface area contributed by atoms with Gasteiger partial charge in [-0.05, 0) is 164 Å². The molecule has 1 N–H and O–H groups in total. The smallest absolute Gasteiger partial charge is 0.435 e. The summed E-state index contributed by atoms with van der Waals surface area (Å²) < 4.78 is 175. The average Bonchev–Trinajstić information content (AvgIpc) is 3.69. The van der Waals surface area contributed by atoms with Crippen molar-refractivity contribution in [2.24, 2.45) is 23.2 Å². The van der Waals surface area contributed by atoms with Gasteiger partial charge in [-0.2, -0.15) is 39.5 Å². The minimum atomic E-state index is -6.75. The molecular formula is C52H85F9N3O8PS2. The molecule has 0 radical (unpaired) electrons. The first kappa shape index (κ1) is 64.5. The van der Waals surface area contributed by atoms with E-state index in [1.54, 1.807) is 0 Å². The van der Waals surface area contributed by atoms with Gasteiger partial charge in [0.1, 0.15) is 19.0 Å². The van der Waals surface area contributed by atoms with Crippen molar-refractivity contribution in [2.75, 3.05) is 105 Å². The zero-order valence-electron chi connectivity index (χ0n) is 46.9. The Kier molecular flexibility index (Phi) is 28.7. The van der Waals surface area contributed by atoms with Crippen LogP contribution in [0.3, 0.4) is 0 Å². The monoisotopic (exact) mass is 1150 g/mol. The molecule has 0 saturated heterocycles. The molecule has 3 aliphatic carbocycles. The maximum Gasteiger partial charge on any atom is 0.435 e. The van der Waals surface area contributed by atoms with Crippen molar-refractivity contribution in [3.63, 3.8) is 0 Å². The highest BCUT2D eigenvalue weighted by Gasteiger charge is 2.85. The molecule has 0 bridgehead atoms. The Balaban J connectivity index is 0.00000507. The van der Waals surface area contributed by atoms with Gasteiger partial charge in [0, 0.05) is 58.4 Å². The lowest BCUT2D eigenvalue weighted by Crippen LogP contribution is -2.67. The van der Waals surface area contributed by atoms with Crippen LogP contribution in [0.15, 0.2) is 18.2 Å². The lowest BCUT2D eigenvalue weighted by atomic mass is 9.55. The number of fused-ring (bicyclic) bond motifs is 5. The summed E-state index contributed by atoms with van der Waals surface area (Å²) in [6.07, 6.45) is -12.4. The topological polar surface area (TPSA) is 95.7 Å². The van der Waals surface area contributed by atoms with Crippen molar-refractivity contribution < 1.29 is 78.7 Å². The number of aryl methyl sites for hydroxylation is 1. The number of rotatable bonds is 35. The van der Waals surface area contributed by atoms with E-state index in [1.165, 1.54) is 18.2 Å². The second kappa shape index (κ2) is 33.4. The highest BCUT2D eigenvalue weighted by molar-refractivity contribution is 8.76. The summed E-state index contributed by atoms with van der Waals surface area (Å²) in [5, 5.41) is 3.50. The molecule has 4 rings (SSSR count). The molecule has 75 heavy (non-hydrogen) atoms. The molecule has 436 valence electrons. The Bertz CT molecular complexity index is 1790. The van der Waals surface area contributed by atoms with Crippen LogP contribution in [0.4, 0.5) is 39.5 Å². The van der Waals surface area contributed by atoms with Gasteiger partial charge in [0.15, 0.2) is 0 Å². The Morgan fingerprint density at radius 2 is 1.51 bits per heavy atom. The van der Waals surface area contributed by atoms with Crippen molar-refractivity contribution >= 4 is 30.1 Å². The molecular weight excluding hydrogens is 1060 g/mol. The third-order valence-corrected chi connectivity index (χ3v) is 18.7. The second-order valence-corrected chi connectivity index (χ2v) is 24.3. The predicted octanol–water partition coefficient (Wildman–Crippen LogP) is 13.6. The highest BCUT2D eigenvalue weighted by atomic mass is 33.1. The fourth-order valence-electron chi connectivity index (χ4n) is 10.7. The number of benzene rings is 1. The fraction of sp³-hybridized carbons (Fsp3) is 0.865. The first-order valence-corrected chi connectivity index (χ1v) is 29.8. The van der Waals surface area contributed by atoms with E-state index in [9.17, 15) is 39.5 Å². The van der Waals surface area contributed by atoms with Gasteiger partial charge in [-0.25, -0.2) is 11.2 Å². The Morgan fingerprint density at radius 1 is 0.840 bits per heavy atom. The van der Waals surface area contributed by atoms with Crippen LogP contribution in [-0.4, -0.2) is 163 Å². The second-order valence-electron chi connectivity index (χ2n) is 20.2. The van der Waals surface area contributed by atoms with Crippen LogP contribution in [0.1, 0.15) is 124 Å². The van der Waals surface area contributed by atoms with Crippen molar-refractivity contribution in [3.8, 4) is 5.75 Å². The Morgan fingerprint density at radius 3 is 2.17 bits per heavy atom.